The minimum Gasteiger partial charge on any atom is -0.339 e. The van der Waals surface area contributed by atoms with Crippen LogP contribution in [0.25, 0.3) is 0 Å². The van der Waals surface area contributed by atoms with Crippen LogP contribution >= 0.6 is 0 Å². The third-order valence-electron chi connectivity index (χ3n) is 5.08. The third kappa shape index (κ3) is 3.38. The molecule has 0 saturated carbocycles. The number of aromatic nitrogens is 1. The molecule has 0 bridgehead atoms. The molecule has 0 radical (unpaired) electrons. The summed E-state index contributed by atoms with van der Waals surface area (Å²) in [6.45, 7) is 7.67. The zero-order valence-corrected chi connectivity index (χ0v) is 14.0. The standard InChI is InChI=1S/C18H25N3O2/c1-13(2)15-7-10-21(12-15)18(23)16-6-5-14(11-19-16)17(22)20-8-3-4-9-20/h5-6,11,13,15H,3-4,7-10,12H2,1-2H3. The van der Waals surface area contributed by atoms with Gasteiger partial charge in [0, 0.05) is 32.4 Å². The van der Waals surface area contributed by atoms with Crippen LogP contribution in [0.1, 0.15) is 54.0 Å². The van der Waals surface area contributed by atoms with Crippen molar-refractivity contribution in [3.63, 3.8) is 0 Å². The van der Waals surface area contributed by atoms with Gasteiger partial charge in [0.1, 0.15) is 5.69 Å². The maximum absolute atomic E-state index is 12.5. The van der Waals surface area contributed by atoms with Crippen molar-refractivity contribution in [2.75, 3.05) is 26.2 Å². The van der Waals surface area contributed by atoms with E-state index >= 15 is 0 Å². The summed E-state index contributed by atoms with van der Waals surface area (Å²) in [5.41, 5.74) is 1.01. The highest BCUT2D eigenvalue weighted by atomic mass is 16.2. The zero-order chi connectivity index (χ0) is 16.4. The van der Waals surface area contributed by atoms with Gasteiger partial charge in [-0.2, -0.15) is 0 Å². The molecule has 5 nitrogen and oxygen atoms in total. The van der Waals surface area contributed by atoms with Crippen LogP contribution in [0.5, 0.6) is 0 Å². The smallest absolute Gasteiger partial charge is 0.272 e. The molecule has 124 valence electrons. The Labute approximate surface area is 137 Å². The molecule has 2 saturated heterocycles. The van der Waals surface area contributed by atoms with Crippen molar-refractivity contribution in [3.05, 3.63) is 29.6 Å². The number of amides is 2. The Morgan fingerprint density at radius 3 is 2.39 bits per heavy atom. The number of nitrogens with zero attached hydrogens (tertiary/aromatic N) is 3. The van der Waals surface area contributed by atoms with Crippen molar-refractivity contribution in [2.45, 2.75) is 33.1 Å². The fraction of sp³-hybridized carbons (Fsp3) is 0.611. The van der Waals surface area contributed by atoms with Gasteiger partial charge >= 0.3 is 0 Å². The summed E-state index contributed by atoms with van der Waals surface area (Å²) < 4.78 is 0. The average molecular weight is 315 g/mol. The van der Waals surface area contributed by atoms with E-state index in [0.29, 0.717) is 23.1 Å². The van der Waals surface area contributed by atoms with Crippen LogP contribution < -0.4 is 0 Å². The average Bonchev–Trinajstić information content (AvgIpc) is 3.25. The SMILES string of the molecule is CC(C)C1CCN(C(=O)c2ccc(C(=O)N3CCCC3)cn2)C1. The van der Waals surface area contributed by atoms with Gasteiger partial charge in [-0.3, -0.25) is 14.6 Å². The lowest BCUT2D eigenvalue weighted by molar-refractivity contribution is 0.0770. The summed E-state index contributed by atoms with van der Waals surface area (Å²) >= 11 is 0. The molecule has 2 amide bonds. The van der Waals surface area contributed by atoms with Crippen LogP contribution in [0.4, 0.5) is 0 Å². The summed E-state index contributed by atoms with van der Waals surface area (Å²) in [6, 6.07) is 3.42. The fourth-order valence-corrected chi connectivity index (χ4v) is 3.43. The third-order valence-corrected chi connectivity index (χ3v) is 5.08. The van der Waals surface area contributed by atoms with Crippen molar-refractivity contribution < 1.29 is 9.59 Å². The highest BCUT2D eigenvalue weighted by Crippen LogP contribution is 2.24. The van der Waals surface area contributed by atoms with Crippen molar-refractivity contribution in [2.24, 2.45) is 11.8 Å². The van der Waals surface area contributed by atoms with Gasteiger partial charge in [-0.05, 0) is 43.2 Å². The first-order chi connectivity index (χ1) is 11.1. The topological polar surface area (TPSA) is 53.5 Å². The van der Waals surface area contributed by atoms with E-state index < -0.39 is 0 Å². The summed E-state index contributed by atoms with van der Waals surface area (Å²) in [7, 11) is 0. The van der Waals surface area contributed by atoms with Gasteiger partial charge in [0.15, 0.2) is 0 Å². The molecule has 0 spiro atoms. The molecule has 2 aliphatic heterocycles. The Morgan fingerprint density at radius 1 is 1.09 bits per heavy atom. The lowest BCUT2D eigenvalue weighted by Crippen LogP contribution is -2.30. The Bertz CT molecular complexity index is 576. The van der Waals surface area contributed by atoms with Crippen molar-refractivity contribution in [1.82, 2.24) is 14.8 Å². The zero-order valence-electron chi connectivity index (χ0n) is 14.0. The Morgan fingerprint density at radius 2 is 1.83 bits per heavy atom. The first-order valence-electron chi connectivity index (χ1n) is 8.61. The van der Waals surface area contributed by atoms with E-state index in [1.807, 2.05) is 9.80 Å². The molecule has 5 heteroatoms. The molecule has 0 aliphatic carbocycles. The molecular weight excluding hydrogens is 290 g/mol. The Hall–Kier alpha value is -1.91. The molecule has 0 N–H and O–H groups in total. The van der Waals surface area contributed by atoms with Crippen molar-refractivity contribution >= 4 is 11.8 Å². The summed E-state index contributed by atoms with van der Waals surface area (Å²) in [5, 5.41) is 0. The normalized spacial score (nSPS) is 21.3. The number of likely N-dealkylation sites (tertiary alicyclic amines) is 2. The number of hydrogen-bond acceptors (Lipinski definition) is 3. The second-order valence-corrected chi connectivity index (χ2v) is 6.98. The molecule has 1 aromatic rings. The van der Waals surface area contributed by atoms with E-state index in [1.54, 1.807) is 18.3 Å². The van der Waals surface area contributed by atoms with E-state index in [9.17, 15) is 9.59 Å². The van der Waals surface area contributed by atoms with E-state index in [0.717, 1.165) is 45.4 Å². The molecule has 1 atom stereocenters. The number of hydrogen-bond donors (Lipinski definition) is 0. The fourth-order valence-electron chi connectivity index (χ4n) is 3.43. The highest BCUT2D eigenvalue weighted by Gasteiger charge is 2.29. The Balaban J connectivity index is 1.65. The van der Waals surface area contributed by atoms with Gasteiger partial charge in [-0.25, -0.2) is 0 Å². The molecule has 2 fully saturated rings. The lowest BCUT2D eigenvalue weighted by Gasteiger charge is -2.18. The molecule has 3 rings (SSSR count). The van der Waals surface area contributed by atoms with Crippen molar-refractivity contribution in [1.29, 1.82) is 0 Å². The first kappa shape index (κ1) is 16.0. The maximum Gasteiger partial charge on any atom is 0.272 e. The highest BCUT2D eigenvalue weighted by molar-refractivity contribution is 5.96. The van der Waals surface area contributed by atoms with Gasteiger partial charge in [0.05, 0.1) is 5.56 Å². The molecule has 23 heavy (non-hydrogen) atoms. The Kier molecular flexibility index (Phi) is 4.64. The second-order valence-electron chi connectivity index (χ2n) is 6.98. The molecule has 0 aromatic carbocycles. The number of carbonyl (C=O) groups is 2. The van der Waals surface area contributed by atoms with Gasteiger partial charge < -0.3 is 9.80 Å². The molecule has 1 aromatic heterocycles. The summed E-state index contributed by atoms with van der Waals surface area (Å²) in [5.74, 6) is 1.18. The van der Waals surface area contributed by atoms with Gasteiger partial charge in [-0.1, -0.05) is 13.8 Å². The van der Waals surface area contributed by atoms with Crippen LogP contribution in [0.3, 0.4) is 0 Å². The predicted octanol–water partition coefficient (Wildman–Crippen LogP) is 2.44. The summed E-state index contributed by atoms with van der Waals surface area (Å²) in [6.07, 6.45) is 4.75. The van der Waals surface area contributed by atoms with E-state index in [2.05, 4.69) is 18.8 Å². The van der Waals surface area contributed by atoms with Crippen LogP contribution in [-0.2, 0) is 0 Å². The van der Waals surface area contributed by atoms with Gasteiger partial charge in [0.2, 0.25) is 0 Å². The largest absolute Gasteiger partial charge is 0.339 e. The van der Waals surface area contributed by atoms with E-state index in [4.69, 9.17) is 0 Å². The van der Waals surface area contributed by atoms with Crippen LogP contribution in [-0.4, -0.2) is 52.8 Å². The van der Waals surface area contributed by atoms with Crippen LogP contribution in [0, 0.1) is 11.8 Å². The monoisotopic (exact) mass is 315 g/mol. The van der Waals surface area contributed by atoms with E-state index in [1.165, 1.54) is 0 Å². The van der Waals surface area contributed by atoms with Gasteiger partial charge in [0.25, 0.3) is 11.8 Å². The minimum absolute atomic E-state index is 0.0201. The predicted molar refractivity (Wildman–Crippen MR) is 88.2 cm³/mol. The molecule has 2 aliphatic rings. The number of rotatable bonds is 3. The number of pyridine rings is 1. The lowest BCUT2D eigenvalue weighted by atomic mass is 9.95. The quantitative estimate of drug-likeness (QED) is 0.861. The van der Waals surface area contributed by atoms with Crippen molar-refractivity contribution in [3.8, 4) is 0 Å². The van der Waals surface area contributed by atoms with Crippen LogP contribution in [0.15, 0.2) is 18.3 Å². The minimum atomic E-state index is -0.0201. The maximum atomic E-state index is 12.5. The van der Waals surface area contributed by atoms with E-state index in [-0.39, 0.29) is 11.8 Å². The summed E-state index contributed by atoms with van der Waals surface area (Å²) in [4.78, 5) is 32.8. The second kappa shape index (κ2) is 6.69. The van der Waals surface area contributed by atoms with Gasteiger partial charge in [-0.15, -0.1) is 0 Å². The molecule has 1 unspecified atom stereocenters. The first-order valence-corrected chi connectivity index (χ1v) is 8.61. The molecular formula is C18H25N3O2. The van der Waals surface area contributed by atoms with Crippen LogP contribution in [0.2, 0.25) is 0 Å². The number of carbonyl (C=O) groups excluding carboxylic acids is 2. The molecule has 3 heterocycles.